The van der Waals surface area contributed by atoms with Crippen LogP contribution in [0.5, 0.6) is 0 Å². The van der Waals surface area contributed by atoms with Crippen molar-refractivity contribution in [2.75, 3.05) is 5.32 Å². The highest BCUT2D eigenvalue weighted by molar-refractivity contribution is 6.29. The van der Waals surface area contributed by atoms with E-state index >= 15 is 0 Å². The predicted octanol–water partition coefficient (Wildman–Crippen LogP) is 3.70. The Morgan fingerprint density at radius 3 is 2.83 bits per heavy atom. The molecule has 1 aliphatic rings. The number of aryl methyl sites for hydroxylation is 1. The van der Waals surface area contributed by atoms with Crippen molar-refractivity contribution >= 4 is 17.3 Å². The molecule has 0 bridgehead atoms. The van der Waals surface area contributed by atoms with Gasteiger partial charge in [-0.2, -0.15) is 0 Å². The lowest BCUT2D eigenvalue weighted by Crippen LogP contribution is -2.27. The molecule has 1 aromatic heterocycles. The Hall–Kier alpha value is -1.54. The van der Waals surface area contributed by atoms with Gasteiger partial charge in [0.05, 0.1) is 0 Å². The van der Waals surface area contributed by atoms with Gasteiger partial charge in [0.1, 0.15) is 5.15 Å². The minimum Gasteiger partial charge on any atom is -0.382 e. The fourth-order valence-corrected chi connectivity index (χ4v) is 2.72. The molecule has 1 atom stereocenters. The number of aromatic nitrogens is 1. The maximum atomic E-state index is 5.89. The summed E-state index contributed by atoms with van der Waals surface area (Å²) in [4.78, 5) is 3.99. The number of nitrogens with one attached hydrogen (secondary N) is 1. The molecule has 2 nitrogen and oxygen atoms in total. The first kappa shape index (κ1) is 11.5. The molecule has 3 heteroatoms. The molecule has 0 saturated heterocycles. The molecule has 1 aromatic carbocycles. The molecule has 1 unspecified atom stereocenters. The van der Waals surface area contributed by atoms with Crippen molar-refractivity contribution in [3.8, 4) is 0 Å². The van der Waals surface area contributed by atoms with Gasteiger partial charge in [-0.3, -0.25) is 0 Å². The molecule has 2 aromatic rings. The lowest BCUT2D eigenvalue weighted by molar-refractivity contribution is 0.611. The van der Waals surface area contributed by atoms with Crippen molar-refractivity contribution in [2.45, 2.75) is 25.3 Å². The molecule has 0 saturated carbocycles. The van der Waals surface area contributed by atoms with E-state index in [0.29, 0.717) is 11.2 Å². The first-order chi connectivity index (χ1) is 8.81. The Balaban J connectivity index is 1.73. The Morgan fingerprint density at radius 1 is 1.17 bits per heavy atom. The predicted molar refractivity (Wildman–Crippen MR) is 75.1 cm³/mol. The van der Waals surface area contributed by atoms with Gasteiger partial charge in [0.25, 0.3) is 0 Å². The van der Waals surface area contributed by atoms with Crippen molar-refractivity contribution in [2.24, 2.45) is 0 Å². The van der Waals surface area contributed by atoms with Crippen LogP contribution < -0.4 is 5.32 Å². The number of halogens is 1. The second-order valence-electron chi connectivity index (χ2n) is 4.72. The first-order valence-electron chi connectivity index (χ1n) is 6.26. The average Bonchev–Trinajstić information content (AvgIpc) is 2.39. The van der Waals surface area contributed by atoms with Gasteiger partial charge < -0.3 is 5.32 Å². The fourth-order valence-electron chi connectivity index (χ4n) is 2.55. The zero-order valence-electron chi connectivity index (χ0n) is 10.1. The highest BCUT2D eigenvalue weighted by atomic mass is 35.5. The van der Waals surface area contributed by atoms with Gasteiger partial charge in [-0.15, -0.1) is 0 Å². The van der Waals surface area contributed by atoms with Gasteiger partial charge in [0.2, 0.25) is 0 Å². The van der Waals surface area contributed by atoms with Gasteiger partial charge in [0, 0.05) is 17.9 Å². The molecule has 0 radical (unpaired) electrons. The van der Waals surface area contributed by atoms with Crippen molar-refractivity contribution in [1.29, 1.82) is 0 Å². The lowest BCUT2D eigenvalue weighted by Gasteiger charge is -2.26. The van der Waals surface area contributed by atoms with E-state index in [2.05, 4.69) is 34.6 Å². The Kier molecular flexibility index (Phi) is 3.20. The van der Waals surface area contributed by atoms with E-state index in [4.69, 9.17) is 11.6 Å². The van der Waals surface area contributed by atoms with Gasteiger partial charge in [-0.1, -0.05) is 35.9 Å². The van der Waals surface area contributed by atoms with Crippen LogP contribution in [0.15, 0.2) is 42.6 Å². The SMILES string of the molecule is Clc1cc(NC2CCc3ccccc3C2)ccn1. The van der Waals surface area contributed by atoms with Crippen LogP contribution >= 0.6 is 11.6 Å². The maximum Gasteiger partial charge on any atom is 0.131 e. The molecule has 0 fully saturated rings. The van der Waals surface area contributed by atoms with Gasteiger partial charge >= 0.3 is 0 Å². The average molecular weight is 259 g/mol. The number of fused-ring (bicyclic) bond motifs is 1. The number of rotatable bonds is 2. The van der Waals surface area contributed by atoms with Crippen LogP contribution in [0, 0.1) is 0 Å². The van der Waals surface area contributed by atoms with Crippen LogP contribution in [-0.4, -0.2) is 11.0 Å². The molecule has 1 aliphatic carbocycles. The standard InChI is InChI=1S/C15H15ClN2/c16-15-10-14(7-8-17-15)18-13-6-5-11-3-1-2-4-12(11)9-13/h1-4,7-8,10,13H,5-6,9H2,(H,17,18). The van der Waals surface area contributed by atoms with Crippen molar-refractivity contribution in [3.05, 3.63) is 58.9 Å². The molecule has 1 heterocycles. The van der Waals surface area contributed by atoms with Crippen molar-refractivity contribution in [3.63, 3.8) is 0 Å². The molecule has 3 rings (SSSR count). The molecular weight excluding hydrogens is 244 g/mol. The summed E-state index contributed by atoms with van der Waals surface area (Å²) in [5.74, 6) is 0. The summed E-state index contributed by atoms with van der Waals surface area (Å²) in [6, 6.07) is 13.0. The third kappa shape index (κ3) is 2.49. The third-order valence-corrected chi connectivity index (χ3v) is 3.65. The quantitative estimate of drug-likeness (QED) is 0.831. The second kappa shape index (κ2) is 4.99. The smallest absolute Gasteiger partial charge is 0.131 e. The van der Waals surface area contributed by atoms with Crippen LogP contribution in [0.1, 0.15) is 17.5 Å². The van der Waals surface area contributed by atoms with Crippen LogP contribution in [-0.2, 0) is 12.8 Å². The Labute approximate surface area is 112 Å². The summed E-state index contributed by atoms with van der Waals surface area (Å²) in [5, 5.41) is 4.08. The molecule has 0 spiro atoms. The van der Waals surface area contributed by atoms with Crippen molar-refractivity contribution < 1.29 is 0 Å². The van der Waals surface area contributed by atoms with E-state index in [9.17, 15) is 0 Å². The van der Waals surface area contributed by atoms with E-state index in [0.717, 1.165) is 24.9 Å². The highest BCUT2D eigenvalue weighted by Gasteiger charge is 2.17. The third-order valence-electron chi connectivity index (χ3n) is 3.44. The normalized spacial score (nSPS) is 18.2. The highest BCUT2D eigenvalue weighted by Crippen LogP contribution is 2.24. The largest absolute Gasteiger partial charge is 0.382 e. The monoisotopic (exact) mass is 258 g/mol. The Bertz CT molecular complexity index is 554. The number of benzene rings is 1. The fraction of sp³-hybridized carbons (Fsp3) is 0.267. The summed E-state index contributed by atoms with van der Waals surface area (Å²) < 4.78 is 0. The van der Waals surface area contributed by atoms with Gasteiger partial charge in [0.15, 0.2) is 0 Å². The van der Waals surface area contributed by atoms with E-state index in [-0.39, 0.29) is 0 Å². The van der Waals surface area contributed by atoms with Crippen molar-refractivity contribution in [1.82, 2.24) is 4.98 Å². The summed E-state index contributed by atoms with van der Waals surface area (Å²) in [7, 11) is 0. The van der Waals surface area contributed by atoms with Crippen LogP contribution in [0.2, 0.25) is 5.15 Å². The number of anilines is 1. The van der Waals surface area contributed by atoms with Gasteiger partial charge in [-0.25, -0.2) is 4.98 Å². The Morgan fingerprint density at radius 2 is 2.00 bits per heavy atom. The van der Waals surface area contributed by atoms with Gasteiger partial charge in [-0.05, 0) is 42.5 Å². The number of hydrogen-bond donors (Lipinski definition) is 1. The van der Waals surface area contributed by atoms with E-state index in [1.54, 1.807) is 6.20 Å². The summed E-state index contributed by atoms with van der Waals surface area (Å²) in [6.07, 6.45) is 5.13. The minimum absolute atomic E-state index is 0.485. The molecule has 1 N–H and O–H groups in total. The van der Waals surface area contributed by atoms with Crippen LogP contribution in [0.25, 0.3) is 0 Å². The topological polar surface area (TPSA) is 24.9 Å². The van der Waals surface area contributed by atoms with Crippen LogP contribution in [0.4, 0.5) is 5.69 Å². The lowest BCUT2D eigenvalue weighted by atomic mass is 9.88. The molecule has 0 amide bonds. The van der Waals surface area contributed by atoms with E-state index < -0.39 is 0 Å². The molecule has 18 heavy (non-hydrogen) atoms. The zero-order chi connectivity index (χ0) is 12.4. The number of nitrogens with zero attached hydrogens (tertiary/aromatic N) is 1. The van der Waals surface area contributed by atoms with E-state index in [1.165, 1.54) is 11.1 Å². The van der Waals surface area contributed by atoms with E-state index in [1.807, 2.05) is 12.1 Å². The summed E-state index contributed by atoms with van der Waals surface area (Å²) >= 11 is 5.89. The summed E-state index contributed by atoms with van der Waals surface area (Å²) in [5.41, 5.74) is 4.00. The number of hydrogen-bond acceptors (Lipinski definition) is 2. The first-order valence-corrected chi connectivity index (χ1v) is 6.64. The molecular formula is C15H15ClN2. The minimum atomic E-state index is 0.485. The molecule has 92 valence electrons. The maximum absolute atomic E-state index is 5.89. The summed E-state index contributed by atoms with van der Waals surface area (Å²) in [6.45, 7) is 0. The van der Waals surface area contributed by atoms with Crippen LogP contribution in [0.3, 0.4) is 0 Å². The number of pyridine rings is 1. The molecule has 0 aliphatic heterocycles. The second-order valence-corrected chi connectivity index (χ2v) is 5.11. The zero-order valence-corrected chi connectivity index (χ0v) is 10.8.